The molecular weight excluding hydrogens is 152 g/mol. The fraction of sp³-hybridized carbons (Fsp3) is 0.500. The van der Waals surface area contributed by atoms with Crippen molar-refractivity contribution in [1.82, 2.24) is 10.2 Å². The Labute approximate surface area is 72.2 Å². The van der Waals surface area contributed by atoms with Gasteiger partial charge in [-0.3, -0.25) is 0 Å². The summed E-state index contributed by atoms with van der Waals surface area (Å²) in [5, 5.41) is 10.8. The predicted octanol–water partition coefficient (Wildman–Crippen LogP) is 0.483. The standard InChI is InChI=1S/C8H14N4/c1-7(5-9)6-10-8-3-2-4-11-12-8/h2-4,7H,5-6,9H2,1H3,(H,10,12). The molecule has 3 N–H and O–H groups in total. The predicted molar refractivity (Wildman–Crippen MR) is 48.7 cm³/mol. The van der Waals surface area contributed by atoms with Crippen LogP contribution < -0.4 is 11.1 Å². The number of rotatable bonds is 4. The SMILES string of the molecule is CC(CN)CNc1cccnn1. The molecule has 0 aliphatic rings. The Morgan fingerprint density at radius 3 is 3.08 bits per heavy atom. The average Bonchev–Trinajstić information content (AvgIpc) is 2.16. The summed E-state index contributed by atoms with van der Waals surface area (Å²) < 4.78 is 0. The minimum atomic E-state index is 0.465. The Bertz CT molecular complexity index is 212. The highest BCUT2D eigenvalue weighted by Gasteiger charge is 1.98. The third-order valence-electron chi connectivity index (χ3n) is 1.61. The van der Waals surface area contributed by atoms with Gasteiger partial charge in [-0.2, -0.15) is 5.10 Å². The Morgan fingerprint density at radius 1 is 1.67 bits per heavy atom. The van der Waals surface area contributed by atoms with Crippen LogP contribution in [0.1, 0.15) is 6.92 Å². The first-order valence-electron chi connectivity index (χ1n) is 4.04. The summed E-state index contributed by atoms with van der Waals surface area (Å²) in [6.07, 6.45) is 1.65. The minimum Gasteiger partial charge on any atom is -0.368 e. The molecule has 1 aromatic heterocycles. The molecule has 0 spiro atoms. The van der Waals surface area contributed by atoms with Crippen LogP contribution in [0.5, 0.6) is 0 Å². The van der Waals surface area contributed by atoms with Crippen molar-refractivity contribution in [3.8, 4) is 0 Å². The highest BCUT2D eigenvalue weighted by molar-refractivity contribution is 5.31. The monoisotopic (exact) mass is 166 g/mol. The van der Waals surface area contributed by atoms with Gasteiger partial charge in [-0.05, 0) is 24.6 Å². The molecule has 4 heteroatoms. The molecule has 0 aliphatic carbocycles. The lowest BCUT2D eigenvalue weighted by Gasteiger charge is -2.09. The lowest BCUT2D eigenvalue weighted by molar-refractivity contribution is 0.626. The van der Waals surface area contributed by atoms with Gasteiger partial charge in [0.15, 0.2) is 0 Å². The van der Waals surface area contributed by atoms with Gasteiger partial charge in [0.1, 0.15) is 5.82 Å². The third kappa shape index (κ3) is 2.84. The van der Waals surface area contributed by atoms with Crippen molar-refractivity contribution >= 4 is 5.82 Å². The van der Waals surface area contributed by atoms with Gasteiger partial charge >= 0.3 is 0 Å². The zero-order valence-corrected chi connectivity index (χ0v) is 7.20. The Kier molecular flexibility index (Phi) is 3.47. The van der Waals surface area contributed by atoms with Crippen LogP contribution in [0.25, 0.3) is 0 Å². The molecule has 0 radical (unpaired) electrons. The first kappa shape index (κ1) is 8.93. The zero-order valence-electron chi connectivity index (χ0n) is 7.20. The van der Waals surface area contributed by atoms with E-state index in [-0.39, 0.29) is 0 Å². The molecule has 1 heterocycles. The number of nitrogens with one attached hydrogen (secondary N) is 1. The molecule has 1 aromatic rings. The van der Waals surface area contributed by atoms with Crippen LogP contribution in [0.3, 0.4) is 0 Å². The van der Waals surface area contributed by atoms with E-state index >= 15 is 0 Å². The maximum atomic E-state index is 5.46. The van der Waals surface area contributed by atoms with E-state index in [0.717, 1.165) is 12.4 Å². The number of hydrogen-bond donors (Lipinski definition) is 2. The molecule has 0 fully saturated rings. The summed E-state index contributed by atoms with van der Waals surface area (Å²) in [6.45, 7) is 3.62. The van der Waals surface area contributed by atoms with E-state index in [1.165, 1.54) is 0 Å². The number of nitrogens with two attached hydrogens (primary N) is 1. The van der Waals surface area contributed by atoms with Gasteiger partial charge in [0.25, 0.3) is 0 Å². The second-order valence-electron chi connectivity index (χ2n) is 2.83. The first-order chi connectivity index (χ1) is 5.83. The molecule has 1 unspecified atom stereocenters. The third-order valence-corrected chi connectivity index (χ3v) is 1.61. The normalized spacial score (nSPS) is 12.5. The Hall–Kier alpha value is -1.16. The van der Waals surface area contributed by atoms with Crippen molar-refractivity contribution < 1.29 is 0 Å². The van der Waals surface area contributed by atoms with Crippen molar-refractivity contribution in [3.63, 3.8) is 0 Å². The van der Waals surface area contributed by atoms with Crippen molar-refractivity contribution in [2.45, 2.75) is 6.92 Å². The molecule has 66 valence electrons. The van der Waals surface area contributed by atoms with Gasteiger partial charge in [0.05, 0.1) is 0 Å². The smallest absolute Gasteiger partial charge is 0.148 e. The van der Waals surface area contributed by atoms with E-state index in [1.54, 1.807) is 6.20 Å². The molecule has 0 saturated heterocycles. The highest BCUT2D eigenvalue weighted by Crippen LogP contribution is 1.99. The van der Waals surface area contributed by atoms with Crippen molar-refractivity contribution in [2.24, 2.45) is 11.7 Å². The minimum absolute atomic E-state index is 0.465. The second kappa shape index (κ2) is 4.66. The summed E-state index contributed by atoms with van der Waals surface area (Å²) >= 11 is 0. The van der Waals surface area contributed by atoms with Crippen molar-refractivity contribution in [2.75, 3.05) is 18.4 Å². The van der Waals surface area contributed by atoms with Crippen LogP contribution in [0.2, 0.25) is 0 Å². The summed E-state index contributed by atoms with van der Waals surface area (Å²) in [7, 11) is 0. The van der Waals surface area contributed by atoms with Crippen LogP contribution >= 0.6 is 0 Å². The molecule has 4 nitrogen and oxygen atoms in total. The van der Waals surface area contributed by atoms with Crippen LogP contribution in [0.4, 0.5) is 5.82 Å². The van der Waals surface area contributed by atoms with Gasteiger partial charge < -0.3 is 11.1 Å². The summed E-state index contributed by atoms with van der Waals surface area (Å²) in [6, 6.07) is 3.73. The van der Waals surface area contributed by atoms with Gasteiger partial charge in [0, 0.05) is 12.7 Å². The Morgan fingerprint density at radius 2 is 2.50 bits per heavy atom. The molecule has 1 rings (SSSR count). The van der Waals surface area contributed by atoms with E-state index < -0.39 is 0 Å². The van der Waals surface area contributed by atoms with Crippen molar-refractivity contribution in [3.05, 3.63) is 18.3 Å². The molecule has 0 bridgehead atoms. The molecule has 0 amide bonds. The fourth-order valence-electron chi connectivity index (χ4n) is 0.758. The lowest BCUT2D eigenvalue weighted by Crippen LogP contribution is -2.20. The van der Waals surface area contributed by atoms with E-state index in [2.05, 4.69) is 22.4 Å². The summed E-state index contributed by atoms with van der Waals surface area (Å²) in [5.41, 5.74) is 5.46. The largest absolute Gasteiger partial charge is 0.368 e. The van der Waals surface area contributed by atoms with E-state index in [1.807, 2.05) is 12.1 Å². The highest BCUT2D eigenvalue weighted by atomic mass is 15.2. The van der Waals surface area contributed by atoms with Crippen LogP contribution in [-0.4, -0.2) is 23.3 Å². The summed E-state index contributed by atoms with van der Waals surface area (Å²) in [4.78, 5) is 0. The average molecular weight is 166 g/mol. The first-order valence-corrected chi connectivity index (χ1v) is 4.04. The fourth-order valence-corrected chi connectivity index (χ4v) is 0.758. The summed E-state index contributed by atoms with van der Waals surface area (Å²) in [5.74, 6) is 1.27. The van der Waals surface area contributed by atoms with Gasteiger partial charge in [-0.25, -0.2) is 0 Å². The molecule has 1 atom stereocenters. The van der Waals surface area contributed by atoms with Crippen molar-refractivity contribution in [1.29, 1.82) is 0 Å². The number of aromatic nitrogens is 2. The topological polar surface area (TPSA) is 63.8 Å². The second-order valence-corrected chi connectivity index (χ2v) is 2.83. The van der Waals surface area contributed by atoms with Crippen LogP contribution in [-0.2, 0) is 0 Å². The molecular formula is C8H14N4. The maximum absolute atomic E-state index is 5.46. The number of anilines is 1. The van der Waals surface area contributed by atoms with Gasteiger partial charge in [-0.15, -0.1) is 5.10 Å². The van der Waals surface area contributed by atoms with E-state index in [0.29, 0.717) is 12.5 Å². The van der Waals surface area contributed by atoms with Crippen LogP contribution in [0, 0.1) is 5.92 Å². The van der Waals surface area contributed by atoms with Gasteiger partial charge in [-0.1, -0.05) is 6.92 Å². The van der Waals surface area contributed by atoms with E-state index in [4.69, 9.17) is 5.73 Å². The molecule has 0 aliphatic heterocycles. The molecule has 0 aromatic carbocycles. The number of nitrogens with zero attached hydrogens (tertiary/aromatic N) is 2. The van der Waals surface area contributed by atoms with Gasteiger partial charge in [0.2, 0.25) is 0 Å². The van der Waals surface area contributed by atoms with E-state index in [9.17, 15) is 0 Å². The lowest BCUT2D eigenvalue weighted by atomic mass is 10.2. The molecule has 12 heavy (non-hydrogen) atoms. The maximum Gasteiger partial charge on any atom is 0.148 e. The quantitative estimate of drug-likeness (QED) is 0.683. The molecule has 0 saturated carbocycles. The Balaban J connectivity index is 2.33. The van der Waals surface area contributed by atoms with Crippen LogP contribution in [0.15, 0.2) is 18.3 Å². The number of hydrogen-bond acceptors (Lipinski definition) is 4. The zero-order chi connectivity index (χ0) is 8.81.